The van der Waals surface area contributed by atoms with Gasteiger partial charge in [-0.25, -0.2) is 13.6 Å². The van der Waals surface area contributed by atoms with Crippen LogP contribution in [0.3, 0.4) is 0 Å². The summed E-state index contributed by atoms with van der Waals surface area (Å²) in [6.45, 7) is 0. The number of rotatable bonds is 3. The summed E-state index contributed by atoms with van der Waals surface area (Å²) in [7, 11) is 1.27. The first-order valence-corrected chi connectivity index (χ1v) is 6.60. The van der Waals surface area contributed by atoms with E-state index in [2.05, 4.69) is 4.74 Å². The highest BCUT2D eigenvalue weighted by atomic mass is 127. The highest BCUT2D eigenvalue weighted by Crippen LogP contribution is 2.27. The maximum Gasteiger partial charge on any atom is 0.339 e. The van der Waals surface area contributed by atoms with Gasteiger partial charge in [0.25, 0.3) is 0 Å². The predicted molar refractivity (Wildman–Crippen MR) is 76.9 cm³/mol. The van der Waals surface area contributed by atoms with E-state index in [-0.39, 0.29) is 11.5 Å². The van der Waals surface area contributed by atoms with E-state index in [0.717, 1.165) is 12.1 Å². The molecule has 0 atom stereocenters. The molecule has 0 saturated heterocycles. The van der Waals surface area contributed by atoms with Gasteiger partial charge in [-0.2, -0.15) is 0 Å². The summed E-state index contributed by atoms with van der Waals surface area (Å²) >= 11 is 1.98. The number of ether oxygens (including phenoxy) is 2. The lowest BCUT2D eigenvalue weighted by Gasteiger charge is -2.09. The van der Waals surface area contributed by atoms with Crippen LogP contribution in [0.2, 0.25) is 0 Å². The van der Waals surface area contributed by atoms with Gasteiger partial charge in [0.1, 0.15) is 11.6 Å². The van der Waals surface area contributed by atoms with Gasteiger partial charge in [-0.05, 0) is 52.9 Å². The number of esters is 1. The largest absolute Gasteiger partial charge is 0.465 e. The molecule has 3 nitrogen and oxygen atoms in total. The Morgan fingerprint density at radius 2 is 1.90 bits per heavy atom. The smallest absolute Gasteiger partial charge is 0.339 e. The molecule has 6 heteroatoms. The first kappa shape index (κ1) is 14.7. The van der Waals surface area contributed by atoms with Crippen molar-refractivity contribution in [1.82, 2.24) is 0 Å². The fraction of sp³-hybridized carbons (Fsp3) is 0.0714. The molecule has 104 valence electrons. The van der Waals surface area contributed by atoms with Gasteiger partial charge < -0.3 is 9.47 Å². The highest BCUT2D eigenvalue weighted by molar-refractivity contribution is 14.1. The monoisotopic (exact) mass is 390 g/mol. The lowest BCUT2D eigenvalue weighted by atomic mass is 10.2. The third-order valence-corrected chi connectivity index (χ3v) is 3.41. The van der Waals surface area contributed by atoms with Crippen LogP contribution in [0.4, 0.5) is 8.78 Å². The number of hydrogen-bond acceptors (Lipinski definition) is 3. The minimum atomic E-state index is -0.817. The Labute approximate surface area is 127 Å². The molecule has 0 bridgehead atoms. The lowest BCUT2D eigenvalue weighted by molar-refractivity contribution is 0.0599. The summed E-state index contributed by atoms with van der Waals surface area (Å²) in [5.74, 6) is -1.88. The lowest BCUT2D eigenvalue weighted by Crippen LogP contribution is -2.04. The molecule has 0 aliphatic rings. The Balaban J connectivity index is 2.32. The molecule has 0 saturated carbocycles. The van der Waals surface area contributed by atoms with Gasteiger partial charge >= 0.3 is 5.97 Å². The van der Waals surface area contributed by atoms with Crippen molar-refractivity contribution in [3.63, 3.8) is 0 Å². The zero-order chi connectivity index (χ0) is 14.7. The van der Waals surface area contributed by atoms with Gasteiger partial charge in [0.05, 0.1) is 12.7 Å². The molecule has 0 aromatic heterocycles. The van der Waals surface area contributed by atoms with Crippen LogP contribution in [0.15, 0.2) is 36.4 Å². The summed E-state index contributed by atoms with van der Waals surface area (Å²) < 4.78 is 36.9. The van der Waals surface area contributed by atoms with Crippen LogP contribution >= 0.6 is 22.6 Å². The van der Waals surface area contributed by atoms with Crippen molar-refractivity contribution in [3.05, 3.63) is 57.2 Å². The number of benzene rings is 2. The van der Waals surface area contributed by atoms with Crippen LogP contribution in [0.25, 0.3) is 0 Å². The molecule has 2 aromatic rings. The van der Waals surface area contributed by atoms with E-state index in [1.54, 1.807) is 12.1 Å². The Morgan fingerprint density at radius 1 is 1.15 bits per heavy atom. The van der Waals surface area contributed by atoms with E-state index in [9.17, 15) is 13.6 Å². The summed E-state index contributed by atoms with van der Waals surface area (Å²) in [5.41, 5.74) is 0.313. The number of hydrogen-bond donors (Lipinski definition) is 0. The van der Waals surface area contributed by atoms with Crippen LogP contribution in [0, 0.1) is 15.2 Å². The second-order valence-electron chi connectivity index (χ2n) is 3.81. The molecule has 0 radical (unpaired) electrons. The zero-order valence-corrected chi connectivity index (χ0v) is 12.5. The minimum Gasteiger partial charge on any atom is -0.465 e. The molecule has 20 heavy (non-hydrogen) atoms. The molecule has 0 aliphatic carbocycles. The van der Waals surface area contributed by atoms with Crippen molar-refractivity contribution in [3.8, 4) is 11.5 Å². The van der Waals surface area contributed by atoms with Crippen molar-refractivity contribution in [2.75, 3.05) is 7.11 Å². The van der Waals surface area contributed by atoms with E-state index in [1.807, 2.05) is 22.6 Å². The average Bonchev–Trinajstić information content (AvgIpc) is 2.43. The number of methoxy groups -OCH3 is 1. The third-order valence-electron chi connectivity index (χ3n) is 2.46. The molecular formula is C14H9F2IO3. The first-order valence-electron chi connectivity index (χ1n) is 5.52. The minimum absolute atomic E-state index is 0.122. The van der Waals surface area contributed by atoms with E-state index in [4.69, 9.17) is 4.74 Å². The van der Waals surface area contributed by atoms with E-state index in [0.29, 0.717) is 9.13 Å². The SMILES string of the molecule is COC(=O)c1cc(Oc2ccc(F)cc2F)ccc1I. The van der Waals surface area contributed by atoms with Crippen molar-refractivity contribution in [2.24, 2.45) is 0 Å². The number of carbonyl (C=O) groups excluding carboxylic acids is 1. The first-order chi connectivity index (χ1) is 9.51. The Hall–Kier alpha value is -1.70. The van der Waals surface area contributed by atoms with Gasteiger partial charge in [0.15, 0.2) is 11.6 Å². The molecule has 0 N–H and O–H groups in total. The van der Waals surface area contributed by atoms with Gasteiger partial charge in [0, 0.05) is 9.64 Å². The number of carbonyl (C=O) groups is 1. The Morgan fingerprint density at radius 3 is 2.55 bits per heavy atom. The molecule has 2 rings (SSSR count). The fourth-order valence-corrected chi connectivity index (χ4v) is 2.07. The molecule has 0 heterocycles. The van der Waals surface area contributed by atoms with Crippen LogP contribution in [0.5, 0.6) is 11.5 Å². The second kappa shape index (κ2) is 6.17. The molecule has 0 amide bonds. The maximum atomic E-state index is 13.5. The molecule has 0 fully saturated rings. The van der Waals surface area contributed by atoms with Crippen molar-refractivity contribution < 1.29 is 23.0 Å². The van der Waals surface area contributed by atoms with E-state index >= 15 is 0 Å². The Kier molecular flexibility index (Phi) is 4.53. The number of halogens is 3. The summed E-state index contributed by atoms with van der Waals surface area (Å²) in [4.78, 5) is 11.5. The summed E-state index contributed by atoms with van der Waals surface area (Å²) in [6.07, 6.45) is 0. The molecule has 2 aromatic carbocycles. The normalized spacial score (nSPS) is 10.2. The topological polar surface area (TPSA) is 35.5 Å². The molecular weight excluding hydrogens is 381 g/mol. The van der Waals surface area contributed by atoms with E-state index < -0.39 is 17.6 Å². The quantitative estimate of drug-likeness (QED) is 0.584. The summed E-state index contributed by atoms with van der Waals surface area (Å²) in [5, 5.41) is 0. The highest BCUT2D eigenvalue weighted by Gasteiger charge is 2.13. The third kappa shape index (κ3) is 3.24. The summed E-state index contributed by atoms with van der Waals surface area (Å²) in [6, 6.07) is 7.66. The van der Waals surface area contributed by atoms with Crippen LogP contribution in [0.1, 0.15) is 10.4 Å². The van der Waals surface area contributed by atoms with Crippen LogP contribution in [-0.2, 0) is 4.74 Å². The predicted octanol–water partition coefficient (Wildman–Crippen LogP) is 4.15. The van der Waals surface area contributed by atoms with Crippen molar-refractivity contribution in [1.29, 1.82) is 0 Å². The molecule has 0 spiro atoms. The van der Waals surface area contributed by atoms with Gasteiger partial charge in [-0.15, -0.1) is 0 Å². The van der Waals surface area contributed by atoms with Gasteiger partial charge in [-0.1, -0.05) is 0 Å². The van der Waals surface area contributed by atoms with E-state index in [1.165, 1.54) is 19.2 Å². The standard InChI is InChI=1S/C14H9F2IO3/c1-19-14(18)10-7-9(3-4-12(10)17)20-13-5-2-8(15)6-11(13)16/h2-7H,1H3. The molecule has 0 unspecified atom stereocenters. The van der Waals surface area contributed by atoms with Gasteiger partial charge in [0.2, 0.25) is 0 Å². The van der Waals surface area contributed by atoms with Gasteiger partial charge in [-0.3, -0.25) is 0 Å². The van der Waals surface area contributed by atoms with Crippen molar-refractivity contribution in [2.45, 2.75) is 0 Å². The maximum absolute atomic E-state index is 13.5. The fourth-order valence-electron chi connectivity index (χ4n) is 1.52. The average molecular weight is 390 g/mol. The van der Waals surface area contributed by atoms with Crippen LogP contribution in [-0.4, -0.2) is 13.1 Å². The molecule has 0 aliphatic heterocycles. The van der Waals surface area contributed by atoms with Crippen molar-refractivity contribution >= 4 is 28.6 Å². The second-order valence-corrected chi connectivity index (χ2v) is 4.97. The van der Waals surface area contributed by atoms with Crippen LogP contribution < -0.4 is 4.74 Å². The Bertz CT molecular complexity index is 659. The zero-order valence-electron chi connectivity index (χ0n) is 10.3.